The van der Waals surface area contributed by atoms with Crippen molar-refractivity contribution in [3.05, 3.63) is 45.2 Å². The number of benzene rings is 1. The van der Waals surface area contributed by atoms with E-state index in [1.807, 2.05) is 13.0 Å². The van der Waals surface area contributed by atoms with Crippen LogP contribution in [0, 0.1) is 11.3 Å². The van der Waals surface area contributed by atoms with Crippen LogP contribution in [0.5, 0.6) is 0 Å². The molecule has 1 heterocycles. The van der Waals surface area contributed by atoms with E-state index in [0.717, 1.165) is 37.0 Å². The molecular weight excluding hydrogens is 362 g/mol. The molecular formula is C16H12Cl2F3N3. The van der Waals surface area contributed by atoms with E-state index in [2.05, 4.69) is 5.10 Å². The number of nitriles is 1. The summed E-state index contributed by atoms with van der Waals surface area (Å²) >= 11 is 12.0. The van der Waals surface area contributed by atoms with Crippen LogP contribution in [-0.2, 0) is 11.6 Å². The highest BCUT2D eigenvalue weighted by molar-refractivity contribution is 6.37. The van der Waals surface area contributed by atoms with Crippen LogP contribution in [0.1, 0.15) is 43.0 Å². The minimum Gasteiger partial charge on any atom is -0.236 e. The monoisotopic (exact) mass is 373 g/mol. The predicted octanol–water partition coefficient (Wildman–Crippen LogP) is 5.51. The molecule has 126 valence electrons. The molecule has 1 fully saturated rings. The number of halogens is 5. The van der Waals surface area contributed by atoms with Crippen LogP contribution in [0.3, 0.4) is 0 Å². The van der Waals surface area contributed by atoms with Crippen LogP contribution in [-0.4, -0.2) is 9.78 Å². The van der Waals surface area contributed by atoms with Crippen molar-refractivity contribution in [3.63, 3.8) is 0 Å². The normalized spacial score (nSPS) is 16.0. The Kier molecular flexibility index (Phi) is 4.05. The van der Waals surface area contributed by atoms with Gasteiger partial charge in [0, 0.05) is 11.8 Å². The summed E-state index contributed by atoms with van der Waals surface area (Å²) in [5.41, 5.74) is 0.178. The van der Waals surface area contributed by atoms with E-state index in [9.17, 15) is 18.4 Å². The highest BCUT2D eigenvalue weighted by atomic mass is 35.5. The lowest BCUT2D eigenvalue weighted by atomic mass is 9.94. The number of hydrogen-bond donors (Lipinski definition) is 0. The molecule has 0 N–H and O–H groups in total. The molecule has 0 amide bonds. The van der Waals surface area contributed by atoms with Crippen LogP contribution in [0.4, 0.5) is 13.2 Å². The number of nitrogens with zero attached hydrogens (tertiary/aromatic N) is 3. The first-order valence-corrected chi connectivity index (χ1v) is 8.04. The van der Waals surface area contributed by atoms with Crippen molar-refractivity contribution >= 4 is 23.2 Å². The summed E-state index contributed by atoms with van der Waals surface area (Å²) in [5.74, 6) is 0. The third kappa shape index (κ3) is 2.76. The molecule has 0 saturated heterocycles. The number of rotatable bonds is 3. The Bertz CT molecular complexity index is 822. The molecule has 1 aromatic carbocycles. The van der Waals surface area contributed by atoms with Gasteiger partial charge in [0.25, 0.3) is 0 Å². The maximum absolute atomic E-state index is 12.8. The quantitative estimate of drug-likeness (QED) is 0.711. The molecule has 1 aliphatic carbocycles. The van der Waals surface area contributed by atoms with E-state index >= 15 is 0 Å². The Morgan fingerprint density at radius 1 is 1.29 bits per heavy atom. The molecule has 0 bridgehead atoms. The zero-order valence-electron chi connectivity index (χ0n) is 12.6. The molecule has 24 heavy (non-hydrogen) atoms. The Morgan fingerprint density at radius 2 is 1.88 bits per heavy atom. The molecule has 0 spiro atoms. The van der Waals surface area contributed by atoms with Crippen molar-refractivity contribution in [1.29, 1.82) is 5.26 Å². The van der Waals surface area contributed by atoms with Crippen LogP contribution in [0.25, 0.3) is 5.69 Å². The third-order valence-corrected chi connectivity index (χ3v) is 5.07. The standard InChI is InChI=1S/C16H12Cl2F3N3/c1-2-15(3-4-15)10-8-24(23-13(10)7-22)14-11(17)5-9(6-12(14)18)16(19,20)21/h5-6,8H,2-4H2,1H3. The van der Waals surface area contributed by atoms with Crippen LogP contribution in [0.2, 0.25) is 10.0 Å². The van der Waals surface area contributed by atoms with Crippen LogP contribution >= 0.6 is 23.2 Å². The zero-order chi connectivity index (χ0) is 17.7. The smallest absolute Gasteiger partial charge is 0.236 e. The maximum Gasteiger partial charge on any atom is 0.416 e. The largest absolute Gasteiger partial charge is 0.416 e. The Balaban J connectivity index is 2.13. The molecule has 0 unspecified atom stereocenters. The van der Waals surface area contributed by atoms with Gasteiger partial charge < -0.3 is 0 Å². The van der Waals surface area contributed by atoms with Gasteiger partial charge in [-0.15, -0.1) is 0 Å². The first-order valence-electron chi connectivity index (χ1n) is 7.29. The summed E-state index contributed by atoms with van der Waals surface area (Å²) in [6.45, 7) is 2.03. The number of alkyl halides is 3. The molecule has 0 atom stereocenters. The molecule has 8 heteroatoms. The van der Waals surface area contributed by atoms with E-state index in [1.165, 1.54) is 4.68 Å². The Morgan fingerprint density at radius 3 is 2.29 bits per heavy atom. The lowest BCUT2D eigenvalue weighted by molar-refractivity contribution is -0.137. The van der Waals surface area contributed by atoms with Crippen molar-refractivity contribution in [2.24, 2.45) is 0 Å². The van der Waals surface area contributed by atoms with Crippen LogP contribution in [0.15, 0.2) is 18.3 Å². The Labute approximate surface area is 146 Å². The van der Waals surface area contributed by atoms with Gasteiger partial charge in [-0.3, -0.25) is 0 Å². The average Bonchev–Trinajstić information content (AvgIpc) is 3.19. The molecule has 3 nitrogen and oxygen atoms in total. The molecule has 1 aliphatic rings. The van der Waals surface area contributed by atoms with Crippen molar-refractivity contribution in [1.82, 2.24) is 9.78 Å². The topological polar surface area (TPSA) is 41.6 Å². The first-order chi connectivity index (χ1) is 11.2. The first kappa shape index (κ1) is 17.1. The molecule has 1 aromatic heterocycles. The van der Waals surface area contributed by atoms with Crippen molar-refractivity contribution in [3.8, 4) is 11.8 Å². The van der Waals surface area contributed by atoms with Crippen molar-refractivity contribution < 1.29 is 13.2 Å². The minimum atomic E-state index is -4.54. The van der Waals surface area contributed by atoms with E-state index in [-0.39, 0.29) is 26.8 Å². The van der Waals surface area contributed by atoms with Gasteiger partial charge in [-0.25, -0.2) is 4.68 Å². The summed E-state index contributed by atoms with van der Waals surface area (Å²) in [7, 11) is 0. The zero-order valence-corrected chi connectivity index (χ0v) is 14.1. The summed E-state index contributed by atoms with van der Waals surface area (Å²) in [5, 5.41) is 13.1. The summed E-state index contributed by atoms with van der Waals surface area (Å²) < 4.78 is 39.8. The van der Waals surface area contributed by atoms with Crippen molar-refractivity contribution in [2.45, 2.75) is 37.8 Å². The van der Waals surface area contributed by atoms with E-state index in [4.69, 9.17) is 23.2 Å². The van der Waals surface area contributed by atoms with Gasteiger partial charge in [-0.05, 0) is 36.8 Å². The Hall–Kier alpha value is -1.71. The lowest BCUT2D eigenvalue weighted by Crippen LogP contribution is -2.07. The van der Waals surface area contributed by atoms with Crippen molar-refractivity contribution in [2.75, 3.05) is 0 Å². The second kappa shape index (κ2) is 5.68. The predicted molar refractivity (Wildman–Crippen MR) is 84.5 cm³/mol. The lowest BCUT2D eigenvalue weighted by Gasteiger charge is -2.12. The maximum atomic E-state index is 12.8. The fourth-order valence-electron chi connectivity index (χ4n) is 2.87. The second-order valence-corrected chi connectivity index (χ2v) is 6.68. The van der Waals surface area contributed by atoms with E-state index < -0.39 is 11.7 Å². The minimum absolute atomic E-state index is 0.0752. The van der Waals surface area contributed by atoms with Gasteiger partial charge >= 0.3 is 6.18 Å². The SMILES string of the molecule is CCC1(c2cn(-c3c(Cl)cc(C(F)(F)F)cc3Cl)nc2C#N)CC1. The highest BCUT2D eigenvalue weighted by Crippen LogP contribution is 2.52. The average molecular weight is 374 g/mol. The van der Waals surface area contributed by atoms with Gasteiger partial charge in [0.1, 0.15) is 11.8 Å². The van der Waals surface area contributed by atoms with Gasteiger partial charge in [-0.2, -0.15) is 23.5 Å². The third-order valence-electron chi connectivity index (χ3n) is 4.50. The molecule has 3 rings (SSSR count). The van der Waals surface area contributed by atoms with Gasteiger partial charge in [0.2, 0.25) is 0 Å². The van der Waals surface area contributed by atoms with Crippen LogP contribution < -0.4 is 0 Å². The molecule has 1 saturated carbocycles. The fourth-order valence-corrected chi connectivity index (χ4v) is 3.53. The number of hydrogen-bond acceptors (Lipinski definition) is 2. The van der Waals surface area contributed by atoms with E-state index in [1.54, 1.807) is 6.20 Å². The van der Waals surface area contributed by atoms with Gasteiger partial charge in [0.15, 0.2) is 5.69 Å². The van der Waals surface area contributed by atoms with Gasteiger partial charge in [0.05, 0.1) is 15.6 Å². The van der Waals surface area contributed by atoms with E-state index in [0.29, 0.717) is 0 Å². The number of aromatic nitrogens is 2. The van der Waals surface area contributed by atoms with Gasteiger partial charge in [-0.1, -0.05) is 30.1 Å². The highest BCUT2D eigenvalue weighted by Gasteiger charge is 2.45. The summed E-state index contributed by atoms with van der Waals surface area (Å²) in [4.78, 5) is 0. The molecule has 2 aromatic rings. The fraction of sp³-hybridized carbons (Fsp3) is 0.375. The molecule has 0 radical (unpaired) electrons. The summed E-state index contributed by atoms with van der Waals surface area (Å²) in [6.07, 6.45) is -0.118. The second-order valence-electron chi connectivity index (χ2n) is 5.87. The molecule has 0 aliphatic heterocycles. The summed E-state index contributed by atoms with van der Waals surface area (Å²) in [6, 6.07) is 3.66.